The van der Waals surface area contributed by atoms with Gasteiger partial charge in [0, 0.05) is 6.20 Å². The van der Waals surface area contributed by atoms with E-state index in [1.807, 2.05) is 30.3 Å². The largest absolute Gasteiger partial charge is 0.276 e. The van der Waals surface area contributed by atoms with Crippen molar-refractivity contribution in [1.82, 2.24) is 9.78 Å². The second-order valence-electron chi connectivity index (χ2n) is 4.95. The van der Waals surface area contributed by atoms with Crippen LogP contribution in [0.1, 0.15) is 5.56 Å². The SMILES string of the molecule is O=S(=O)(Nc1cnn(Cc2ccccc2)c1)c1ccccc1Cl. The van der Waals surface area contributed by atoms with E-state index in [0.717, 1.165) is 5.56 Å². The molecule has 0 atom stereocenters. The number of hydrogen-bond acceptors (Lipinski definition) is 3. The first-order chi connectivity index (χ1) is 11.0. The molecule has 0 aliphatic carbocycles. The molecule has 5 nitrogen and oxygen atoms in total. The number of halogens is 1. The highest BCUT2D eigenvalue weighted by atomic mass is 35.5. The molecular weight excluding hydrogens is 334 g/mol. The van der Waals surface area contributed by atoms with Crippen LogP contribution in [0.25, 0.3) is 0 Å². The molecule has 0 unspecified atom stereocenters. The van der Waals surface area contributed by atoms with Crippen LogP contribution in [0.4, 0.5) is 5.69 Å². The van der Waals surface area contributed by atoms with E-state index < -0.39 is 10.0 Å². The summed E-state index contributed by atoms with van der Waals surface area (Å²) in [5, 5.41) is 4.35. The van der Waals surface area contributed by atoms with Gasteiger partial charge in [-0.3, -0.25) is 9.40 Å². The standard InChI is InChI=1S/C16H14ClN3O2S/c17-15-8-4-5-9-16(15)23(21,22)19-14-10-18-20(12-14)11-13-6-2-1-3-7-13/h1-10,12,19H,11H2. The zero-order chi connectivity index (χ0) is 16.3. The number of sulfonamides is 1. The van der Waals surface area contributed by atoms with Crippen LogP contribution in [0.2, 0.25) is 5.02 Å². The van der Waals surface area contributed by atoms with Crippen molar-refractivity contribution in [3.63, 3.8) is 0 Å². The van der Waals surface area contributed by atoms with Crippen LogP contribution in [-0.2, 0) is 16.6 Å². The van der Waals surface area contributed by atoms with E-state index >= 15 is 0 Å². The minimum atomic E-state index is -3.74. The molecule has 1 heterocycles. The van der Waals surface area contributed by atoms with Crippen LogP contribution in [0.3, 0.4) is 0 Å². The molecule has 3 rings (SSSR count). The third-order valence-corrected chi connectivity index (χ3v) is 5.08. The van der Waals surface area contributed by atoms with Crippen molar-refractivity contribution < 1.29 is 8.42 Å². The second kappa shape index (κ2) is 6.44. The van der Waals surface area contributed by atoms with Gasteiger partial charge in [-0.15, -0.1) is 0 Å². The Labute approximate surface area is 139 Å². The summed E-state index contributed by atoms with van der Waals surface area (Å²) in [6.07, 6.45) is 3.11. The molecule has 0 aliphatic rings. The Morgan fingerprint density at radius 3 is 2.48 bits per heavy atom. The fraction of sp³-hybridized carbons (Fsp3) is 0.0625. The number of benzene rings is 2. The topological polar surface area (TPSA) is 64.0 Å². The molecular formula is C16H14ClN3O2S. The predicted molar refractivity (Wildman–Crippen MR) is 90.0 cm³/mol. The summed E-state index contributed by atoms with van der Waals surface area (Å²) >= 11 is 5.95. The monoisotopic (exact) mass is 347 g/mol. The predicted octanol–water partition coefficient (Wildman–Crippen LogP) is 3.39. The second-order valence-corrected chi connectivity index (χ2v) is 7.01. The van der Waals surface area contributed by atoms with Gasteiger partial charge in [-0.2, -0.15) is 5.10 Å². The smallest absolute Gasteiger partial charge is 0.263 e. The summed E-state index contributed by atoms with van der Waals surface area (Å²) in [4.78, 5) is 0.0393. The van der Waals surface area contributed by atoms with Gasteiger partial charge in [0.05, 0.1) is 23.5 Å². The van der Waals surface area contributed by atoms with Crippen LogP contribution < -0.4 is 4.72 Å². The van der Waals surface area contributed by atoms with Gasteiger partial charge in [-0.25, -0.2) is 8.42 Å². The first kappa shape index (κ1) is 15.6. The molecule has 0 fully saturated rings. The molecule has 2 aromatic carbocycles. The number of anilines is 1. The maximum Gasteiger partial charge on any atom is 0.263 e. The fourth-order valence-corrected chi connectivity index (χ4v) is 3.69. The molecule has 0 bridgehead atoms. The molecule has 1 aromatic heterocycles. The third kappa shape index (κ3) is 3.72. The third-order valence-electron chi connectivity index (χ3n) is 3.20. The maximum atomic E-state index is 12.4. The minimum Gasteiger partial charge on any atom is -0.276 e. The number of nitrogens with one attached hydrogen (secondary N) is 1. The van der Waals surface area contributed by atoms with Crippen LogP contribution >= 0.6 is 11.6 Å². The quantitative estimate of drug-likeness (QED) is 0.769. The average molecular weight is 348 g/mol. The molecule has 7 heteroatoms. The van der Waals surface area contributed by atoms with E-state index in [2.05, 4.69) is 9.82 Å². The number of rotatable bonds is 5. The fourth-order valence-electron chi connectivity index (χ4n) is 2.15. The normalized spacial score (nSPS) is 11.3. The van der Waals surface area contributed by atoms with E-state index in [9.17, 15) is 8.42 Å². The van der Waals surface area contributed by atoms with Crippen LogP contribution in [0.15, 0.2) is 71.9 Å². The molecule has 0 spiro atoms. The highest BCUT2D eigenvalue weighted by molar-refractivity contribution is 7.92. The Hall–Kier alpha value is -2.31. The number of nitrogens with zero attached hydrogens (tertiary/aromatic N) is 2. The first-order valence-corrected chi connectivity index (χ1v) is 8.74. The minimum absolute atomic E-state index is 0.0393. The van der Waals surface area contributed by atoms with Gasteiger partial charge in [-0.05, 0) is 17.7 Å². The summed E-state index contributed by atoms with van der Waals surface area (Å²) in [6, 6.07) is 16.1. The van der Waals surface area contributed by atoms with Gasteiger partial charge in [-0.1, -0.05) is 54.1 Å². The lowest BCUT2D eigenvalue weighted by molar-refractivity contribution is 0.601. The van der Waals surface area contributed by atoms with Crippen molar-refractivity contribution >= 4 is 27.3 Å². The van der Waals surface area contributed by atoms with Crippen molar-refractivity contribution in [1.29, 1.82) is 0 Å². The molecule has 3 aromatic rings. The lowest BCUT2D eigenvalue weighted by atomic mass is 10.2. The van der Waals surface area contributed by atoms with Crippen molar-refractivity contribution in [2.75, 3.05) is 4.72 Å². The van der Waals surface area contributed by atoms with Crippen LogP contribution in [0, 0.1) is 0 Å². The molecule has 0 saturated heterocycles. The Kier molecular flexibility index (Phi) is 4.36. The Morgan fingerprint density at radius 2 is 1.74 bits per heavy atom. The Balaban J connectivity index is 1.78. The molecule has 0 saturated carbocycles. The average Bonchev–Trinajstić information content (AvgIpc) is 2.95. The Bertz CT molecular complexity index is 908. The van der Waals surface area contributed by atoms with Gasteiger partial charge in [0.15, 0.2) is 0 Å². The summed E-state index contributed by atoms with van der Waals surface area (Å²) in [5.41, 5.74) is 1.47. The van der Waals surface area contributed by atoms with Gasteiger partial charge < -0.3 is 0 Å². The molecule has 23 heavy (non-hydrogen) atoms. The molecule has 0 aliphatic heterocycles. The zero-order valence-electron chi connectivity index (χ0n) is 12.1. The number of aromatic nitrogens is 2. The van der Waals surface area contributed by atoms with Crippen molar-refractivity contribution in [3.8, 4) is 0 Å². The van der Waals surface area contributed by atoms with Gasteiger partial charge in [0.1, 0.15) is 4.90 Å². The van der Waals surface area contributed by atoms with Gasteiger partial charge in [0.2, 0.25) is 0 Å². The maximum absolute atomic E-state index is 12.4. The van der Waals surface area contributed by atoms with E-state index in [0.29, 0.717) is 12.2 Å². The van der Waals surface area contributed by atoms with Gasteiger partial charge in [0.25, 0.3) is 10.0 Å². The van der Waals surface area contributed by atoms with Crippen molar-refractivity contribution in [3.05, 3.63) is 77.6 Å². The van der Waals surface area contributed by atoms with E-state index in [-0.39, 0.29) is 9.92 Å². The summed E-state index contributed by atoms with van der Waals surface area (Å²) in [6.45, 7) is 0.564. The summed E-state index contributed by atoms with van der Waals surface area (Å²) in [7, 11) is -3.74. The molecule has 118 valence electrons. The number of hydrogen-bond donors (Lipinski definition) is 1. The lowest BCUT2D eigenvalue weighted by Crippen LogP contribution is -2.13. The highest BCUT2D eigenvalue weighted by Gasteiger charge is 2.18. The van der Waals surface area contributed by atoms with Crippen LogP contribution in [-0.4, -0.2) is 18.2 Å². The van der Waals surface area contributed by atoms with Gasteiger partial charge >= 0.3 is 0 Å². The molecule has 0 amide bonds. The molecule has 0 radical (unpaired) electrons. The van der Waals surface area contributed by atoms with Crippen molar-refractivity contribution in [2.24, 2.45) is 0 Å². The summed E-state index contributed by atoms with van der Waals surface area (Å²) < 4.78 is 28.9. The van der Waals surface area contributed by atoms with Crippen LogP contribution in [0.5, 0.6) is 0 Å². The summed E-state index contributed by atoms with van der Waals surface area (Å²) in [5.74, 6) is 0. The van der Waals surface area contributed by atoms with E-state index in [1.165, 1.54) is 18.3 Å². The van der Waals surface area contributed by atoms with E-state index in [4.69, 9.17) is 11.6 Å². The van der Waals surface area contributed by atoms with E-state index in [1.54, 1.807) is 23.0 Å². The first-order valence-electron chi connectivity index (χ1n) is 6.88. The van der Waals surface area contributed by atoms with Crippen molar-refractivity contribution in [2.45, 2.75) is 11.4 Å². The highest BCUT2D eigenvalue weighted by Crippen LogP contribution is 2.23. The lowest BCUT2D eigenvalue weighted by Gasteiger charge is -2.07. The zero-order valence-corrected chi connectivity index (χ0v) is 13.6. The Morgan fingerprint density at radius 1 is 1.04 bits per heavy atom. The molecule has 1 N–H and O–H groups in total.